The summed E-state index contributed by atoms with van der Waals surface area (Å²) < 4.78 is 5.26. The molecule has 1 aliphatic heterocycles. The van der Waals surface area contributed by atoms with Gasteiger partial charge in [0.2, 0.25) is 0 Å². The Bertz CT molecular complexity index is 137. The quantitative estimate of drug-likeness (QED) is 0.513. The molecule has 2 rings (SSSR count). The molecule has 1 aliphatic carbocycles. The fourth-order valence-electron chi connectivity index (χ4n) is 1.09. The molecule has 0 unspecified atom stereocenters. The maximum absolute atomic E-state index is 5.26. The van der Waals surface area contributed by atoms with Gasteiger partial charge in [0.25, 0.3) is 0 Å². The van der Waals surface area contributed by atoms with E-state index in [0.29, 0.717) is 0 Å². The monoisotopic (exact) mass is 125 g/mol. The van der Waals surface area contributed by atoms with Crippen molar-refractivity contribution in [2.75, 3.05) is 19.8 Å². The zero-order chi connectivity index (χ0) is 6.10. The number of rotatable bonds is 0. The molecule has 0 radical (unpaired) electrons. The molecule has 0 aromatic carbocycles. The van der Waals surface area contributed by atoms with Crippen LogP contribution in [-0.2, 0) is 4.74 Å². The minimum atomic E-state index is 0.829. The van der Waals surface area contributed by atoms with E-state index >= 15 is 0 Å². The van der Waals surface area contributed by atoms with Crippen LogP contribution in [0.5, 0.6) is 0 Å². The summed E-state index contributed by atoms with van der Waals surface area (Å²) in [4.78, 5) is 0. The molecule has 9 heavy (non-hydrogen) atoms. The number of nitrogens with one attached hydrogen (secondary N) is 1. The molecule has 1 heterocycles. The Morgan fingerprint density at radius 1 is 1.33 bits per heavy atom. The van der Waals surface area contributed by atoms with E-state index in [-0.39, 0.29) is 0 Å². The molecule has 50 valence electrons. The lowest BCUT2D eigenvalue weighted by molar-refractivity contribution is 0.131. The van der Waals surface area contributed by atoms with E-state index in [1.165, 1.54) is 18.5 Å². The van der Waals surface area contributed by atoms with Crippen molar-refractivity contribution < 1.29 is 4.74 Å². The summed E-state index contributed by atoms with van der Waals surface area (Å²) in [6, 6.07) is 0. The van der Waals surface area contributed by atoms with Crippen LogP contribution in [0, 0.1) is 0 Å². The fourth-order valence-corrected chi connectivity index (χ4v) is 1.09. The van der Waals surface area contributed by atoms with Gasteiger partial charge in [0.1, 0.15) is 0 Å². The first-order valence-electron chi connectivity index (χ1n) is 3.49. The van der Waals surface area contributed by atoms with Gasteiger partial charge in [0, 0.05) is 12.2 Å². The Morgan fingerprint density at radius 3 is 2.78 bits per heavy atom. The maximum Gasteiger partial charge on any atom is 0.0862 e. The molecule has 0 amide bonds. The van der Waals surface area contributed by atoms with Crippen LogP contribution in [0.3, 0.4) is 0 Å². The van der Waals surface area contributed by atoms with Gasteiger partial charge in [0.05, 0.1) is 13.2 Å². The lowest BCUT2D eigenvalue weighted by Gasteiger charge is -2.16. The van der Waals surface area contributed by atoms with Gasteiger partial charge in [-0.2, -0.15) is 0 Å². The van der Waals surface area contributed by atoms with Crippen molar-refractivity contribution in [3.63, 3.8) is 0 Å². The fraction of sp³-hybridized carbons (Fsp3) is 0.714. The van der Waals surface area contributed by atoms with Gasteiger partial charge in [-0.1, -0.05) is 0 Å². The second-order valence-electron chi connectivity index (χ2n) is 2.56. The number of ether oxygens (including phenoxy) is 1. The Balaban J connectivity index is 2.02. The van der Waals surface area contributed by atoms with Crippen molar-refractivity contribution in [2.24, 2.45) is 0 Å². The lowest BCUT2D eigenvalue weighted by Crippen LogP contribution is -2.28. The Hall–Kier alpha value is -0.500. The smallest absolute Gasteiger partial charge is 0.0862 e. The molecule has 1 saturated carbocycles. The molecule has 2 heteroatoms. The molecule has 0 aromatic heterocycles. The Kier molecular flexibility index (Phi) is 1.19. The van der Waals surface area contributed by atoms with Gasteiger partial charge in [-0.15, -0.1) is 0 Å². The van der Waals surface area contributed by atoms with Crippen molar-refractivity contribution in [3.8, 4) is 0 Å². The van der Waals surface area contributed by atoms with E-state index in [4.69, 9.17) is 4.74 Å². The first-order valence-corrected chi connectivity index (χ1v) is 3.49. The van der Waals surface area contributed by atoms with E-state index in [1.54, 1.807) is 5.57 Å². The highest BCUT2D eigenvalue weighted by Gasteiger charge is 2.18. The number of hydrogen-bond acceptors (Lipinski definition) is 2. The third kappa shape index (κ3) is 1.08. The van der Waals surface area contributed by atoms with Crippen LogP contribution in [0.2, 0.25) is 0 Å². The first-order chi connectivity index (χ1) is 4.47. The summed E-state index contributed by atoms with van der Waals surface area (Å²) in [6.45, 7) is 2.70. The van der Waals surface area contributed by atoms with Crippen molar-refractivity contribution in [3.05, 3.63) is 11.3 Å². The maximum atomic E-state index is 5.26. The standard InChI is InChI=1S/C7H11NO/c1-2-6(1)7-5-9-4-3-8-7/h8H,1-5H2. The van der Waals surface area contributed by atoms with Crippen LogP contribution < -0.4 is 5.32 Å². The SMILES string of the molecule is C1COCC(=C2CC2)N1. The van der Waals surface area contributed by atoms with E-state index in [0.717, 1.165) is 19.8 Å². The van der Waals surface area contributed by atoms with Crippen LogP contribution in [-0.4, -0.2) is 19.8 Å². The van der Waals surface area contributed by atoms with Gasteiger partial charge in [0.15, 0.2) is 0 Å². The number of morpholine rings is 1. The van der Waals surface area contributed by atoms with Crippen LogP contribution in [0.4, 0.5) is 0 Å². The summed E-state index contributed by atoms with van der Waals surface area (Å²) in [7, 11) is 0. The third-order valence-corrected chi connectivity index (χ3v) is 1.76. The topological polar surface area (TPSA) is 21.3 Å². The van der Waals surface area contributed by atoms with E-state index in [9.17, 15) is 0 Å². The van der Waals surface area contributed by atoms with Gasteiger partial charge in [-0.05, 0) is 18.4 Å². The molecule has 1 N–H and O–H groups in total. The molecule has 2 nitrogen and oxygen atoms in total. The molecular formula is C7H11NO. The summed E-state index contributed by atoms with van der Waals surface area (Å²) in [5.41, 5.74) is 2.94. The Labute approximate surface area is 54.9 Å². The van der Waals surface area contributed by atoms with Gasteiger partial charge >= 0.3 is 0 Å². The second-order valence-corrected chi connectivity index (χ2v) is 2.56. The molecule has 0 atom stereocenters. The van der Waals surface area contributed by atoms with Gasteiger partial charge in [-0.3, -0.25) is 0 Å². The molecule has 2 aliphatic rings. The van der Waals surface area contributed by atoms with Crippen molar-refractivity contribution in [1.82, 2.24) is 5.32 Å². The van der Waals surface area contributed by atoms with Gasteiger partial charge in [-0.25, -0.2) is 0 Å². The highest BCUT2D eigenvalue weighted by molar-refractivity contribution is 5.24. The largest absolute Gasteiger partial charge is 0.384 e. The first kappa shape index (κ1) is 5.30. The summed E-state index contributed by atoms with van der Waals surface area (Å²) >= 11 is 0. The zero-order valence-electron chi connectivity index (χ0n) is 5.44. The van der Waals surface area contributed by atoms with Crippen LogP contribution >= 0.6 is 0 Å². The minimum Gasteiger partial charge on any atom is -0.384 e. The predicted molar refractivity (Wildman–Crippen MR) is 35.1 cm³/mol. The van der Waals surface area contributed by atoms with E-state index in [2.05, 4.69) is 5.32 Å². The predicted octanol–water partition coefficient (Wildman–Crippen LogP) is 0.654. The van der Waals surface area contributed by atoms with Gasteiger partial charge < -0.3 is 10.1 Å². The zero-order valence-corrected chi connectivity index (χ0v) is 5.44. The molecular weight excluding hydrogens is 114 g/mol. The molecule has 0 bridgehead atoms. The van der Waals surface area contributed by atoms with Crippen LogP contribution in [0.15, 0.2) is 11.3 Å². The summed E-state index contributed by atoms with van der Waals surface area (Å²) in [5.74, 6) is 0. The molecule has 0 spiro atoms. The second kappa shape index (κ2) is 2.03. The highest BCUT2D eigenvalue weighted by atomic mass is 16.5. The summed E-state index contributed by atoms with van der Waals surface area (Å²) in [5, 5.41) is 3.34. The van der Waals surface area contributed by atoms with Crippen LogP contribution in [0.25, 0.3) is 0 Å². The number of hydrogen-bond donors (Lipinski definition) is 1. The molecule has 2 fully saturated rings. The van der Waals surface area contributed by atoms with Crippen molar-refractivity contribution in [1.29, 1.82) is 0 Å². The van der Waals surface area contributed by atoms with E-state index in [1.807, 2.05) is 0 Å². The lowest BCUT2D eigenvalue weighted by atomic mass is 10.3. The molecule has 0 aromatic rings. The molecule has 1 saturated heterocycles. The average Bonchev–Trinajstić information content (AvgIpc) is 2.71. The highest BCUT2D eigenvalue weighted by Crippen LogP contribution is 2.30. The van der Waals surface area contributed by atoms with E-state index < -0.39 is 0 Å². The minimum absolute atomic E-state index is 0.829. The summed E-state index contributed by atoms with van der Waals surface area (Å²) in [6.07, 6.45) is 2.59. The van der Waals surface area contributed by atoms with Crippen molar-refractivity contribution in [2.45, 2.75) is 12.8 Å². The van der Waals surface area contributed by atoms with Crippen molar-refractivity contribution >= 4 is 0 Å². The van der Waals surface area contributed by atoms with Crippen LogP contribution in [0.1, 0.15) is 12.8 Å². The third-order valence-electron chi connectivity index (χ3n) is 1.76. The Morgan fingerprint density at radius 2 is 2.22 bits per heavy atom. The normalized spacial score (nSPS) is 25.8. The number of allylic oxidation sites excluding steroid dienone is 1. The average molecular weight is 125 g/mol.